The number of hydrogen-bond acceptors (Lipinski definition) is 4. The fraction of sp³-hybridized carbons (Fsp3) is 0.294. The van der Waals surface area contributed by atoms with Crippen molar-refractivity contribution in [1.29, 1.82) is 0 Å². The van der Waals surface area contributed by atoms with Gasteiger partial charge in [-0.2, -0.15) is 0 Å². The molecule has 1 saturated heterocycles. The summed E-state index contributed by atoms with van der Waals surface area (Å²) in [4.78, 5) is 27.4. The van der Waals surface area contributed by atoms with E-state index in [4.69, 9.17) is 11.6 Å². The molecule has 0 unspecified atom stereocenters. The van der Waals surface area contributed by atoms with E-state index in [1.54, 1.807) is 35.6 Å². The molecule has 3 rings (SSSR count). The van der Waals surface area contributed by atoms with E-state index in [9.17, 15) is 14.7 Å². The number of anilines is 1. The first-order chi connectivity index (χ1) is 11.5. The molecule has 2 amide bonds. The van der Waals surface area contributed by atoms with Crippen LogP contribution in [0.3, 0.4) is 0 Å². The van der Waals surface area contributed by atoms with Crippen molar-refractivity contribution in [1.82, 2.24) is 5.32 Å². The predicted octanol–water partition coefficient (Wildman–Crippen LogP) is 2.23. The van der Waals surface area contributed by atoms with E-state index in [-0.39, 0.29) is 13.0 Å². The lowest BCUT2D eigenvalue weighted by Crippen LogP contribution is -2.52. The summed E-state index contributed by atoms with van der Waals surface area (Å²) in [6.45, 7) is 0.653. The van der Waals surface area contributed by atoms with E-state index in [0.717, 1.165) is 4.88 Å². The van der Waals surface area contributed by atoms with Crippen LogP contribution < -0.4 is 10.2 Å². The number of nitrogens with zero attached hydrogens (tertiary/aromatic N) is 1. The van der Waals surface area contributed by atoms with Crippen molar-refractivity contribution in [2.75, 3.05) is 18.0 Å². The van der Waals surface area contributed by atoms with E-state index >= 15 is 0 Å². The Balaban J connectivity index is 1.64. The van der Waals surface area contributed by atoms with Gasteiger partial charge in [0.15, 0.2) is 0 Å². The molecule has 1 aromatic carbocycles. The summed E-state index contributed by atoms with van der Waals surface area (Å²) >= 11 is 7.55. The third-order valence-corrected chi connectivity index (χ3v) is 5.20. The third-order valence-electron chi connectivity index (χ3n) is 4.03. The van der Waals surface area contributed by atoms with Gasteiger partial charge in [0, 0.05) is 35.1 Å². The van der Waals surface area contributed by atoms with Gasteiger partial charge >= 0.3 is 0 Å². The van der Waals surface area contributed by atoms with Crippen molar-refractivity contribution in [2.24, 2.45) is 0 Å². The van der Waals surface area contributed by atoms with Crippen LogP contribution >= 0.6 is 22.9 Å². The van der Waals surface area contributed by atoms with Crippen LogP contribution in [-0.4, -0.2) is 35.6 Å². The summed E-state index contributed by atoms with van der Waals surface area (Å²) in [5.41, 5.74) is -1.44. The molecule has 126 valence electrons. The summed E-state index contributed by atoms with van der Waals surface area (Å²) in [7, 11) is 0. The van der Waals surface area contributed by atoms with Crippen LogP contribution in [0.25, 0.3) is 0 Å². The third kappa shape index (κ3) is 3.31. The quantitative estimate of drug-likeness (QED) is 0.799. The molecule has 0 radical (unpaired) electrons. The molecule has 1 fully saturated rings. The zero-order valence-electron chi connectivity index (χ0n) is 12.9. The Kier molecular flexibility index (Phi) is 4.89. The second-order valence-electron chi connectivity index (χ2n) is 5.63. The molecule has 2 aromatic rings. The molecule has 5 nitrogen and oxygen atoms in total. The van der Waals surface area contributed by atoms with Crippen molar-refractivity contribution < 1.29 is 14.7 Å². The molecule has 2 N–H and O–H groups in total. The largest absolute Gasteiger partial charge is 0.372 e. The van der Waals surface area contributed by atoms with Gasteiger partial charge in [0.2, 0.25) is 5.60 Å². The van der Waals surface area contributed by atoms with E-state index in [1.807, 2.05) is 17.5 Å². The Morgan fingerprint density at radius 1 is 1.38 bits per heavy atom. The number of amides is 2. The number of carbonyl (C=O) groups excluding carboxylic acids is 2. The van der Waals surface area contributed by atoms with Crippen LogP contribution in [0.1, 0.15) is 11.3 Å². The number of aliphatic hydroxyl groups is 1. The number of rotatable bonds is 5. The average molecular weight is 365 g/mol. The zero-order chi connectivity index (χ0) is 17.2. The molecular weight excluding hydrogens is 348 g/mol. The summed E-state index contributed by atoms with van der Waals surface area (Å²) in [5.74, 6) is -1.26. The molecule has 2 heterocycles. The second-order valence-corrected chi connectivity index (χ2v) is 7.10. The Morgan fingerprint density at radius 3 is 2.92 bits per heavy atom. The molecule has 1 aliphatic heterocycles. The highest BCUT2D eigenvalue weighted by molar-refractivity contribution is 7.09. The minimum Gasteiger partial charge on any atom is -0.372 e. The monoisotopic (exact) mass is 364 g/mol. The standard InChI is InChI=1S/C17H17ClN2O3S/c18-12-3-1-4-13(11-12)20-9-7-17(23,16(20)22)15(21)19-8-6-14-5-2-10-24-14/h1-5,10-11,23H,6-9H2,(H,19,21)/t17-/m0/s1. The predicted molar refractivity (Wildman–Crippen MR) is 94.4 cm³/mol. The Labute approximate surface area is 148 Å². The number of thiophene rings is 1. The summed E-state index contributed by atoms with van der Waals surface area (Å²) in [6.07, 6.45) is 0.731. The molecular formula is C17H17ClN2O3S. The first kappa shape index (κ1) is 17.0. The first-order valence-electron chi connectivity index (χ1n) is 7.61. The molecule has 7 heteroatoms. The minimum absolute atomic E-state index is 0.0587. The van der Waals surface area contributed by atoms with Crippen molar-refractivity contribution in [3.8, 4) is 0 Å². The summed E-state index contributed by atoms with van der Waals surface area (Å²) < 4.78 is 0. The average Bonchev–Trinajstić information content (AvgIpc) is 3.17. The highest BCUT2D eigenvalue weighted by atomic mass is 35.5. The topological polar surface area (TPSA) is 69.6 Å². The fourth-order valence-corrected chi connectivity index (χ4v) is 3.60. The highest BCUT2D eigenvalue weighted by Gasteiger charge is 2.51. The normalized spacial score (nSPS) is 20.4. The number of hydrogen-bond donors (Lipinski definition) is 2. The molecule has 24 heavy (non-hydrogen) atoms. The second kappa shape index (κ2) is 6.93. The maximum absolute atomic E-state index is 12.5. The van der Waals surface area contributed by atoms with Crippen LogP contribution in [0.4, 0.5) is 5.69 Å². The van der Waals surface area contributed by atoms with Gasteiger partial charge in [-0.15, -0.1) is 11.3 Å². The summed E-state index contributed by atoms with van der Waals surface area (Å²) in [6, 6.07) is 10.7. The first-order valence-corrected chi connectivity index (χ1v) is 8.87. The van der Waals surface area contributed by atoms with Crippen molar-refractivity contribution in [2.45, 2.75) is 18.4 Å². The van der Waals surface area contributed by atoms with Gasteiger partial charge in [-0.05, 0) is 36.1 Å². The minimum atomic E-state index is -2.02. The molecule has 1 atom stereocenters. The van der Waals surface area contributed by atoms with Gasteiger partial charge in [0.05, 0.1) is 0 Å². The Hall–Kier alpha value is -1.89. The lowest BCUT2D eigenvalue weighted by molar-refractivity contribution is -0.149. The summed E-state index contributed by atoms with van der Waals surface area (Å²) in [5, 5.41) is 15.7. The lowest BCUT2D eigenvalue weighted by atomic mass is 10.0. The molecule has 0 bridgehead atoms. The van der Waals surface area contributed by atoms with E-state index in [0.29, 0.717) is 23.7 Å². The highest BCUT2D eigenvalue weighted by Crippen LogP contribution is 2.30. The maximum atomic E-state index is 12.5. The number of carbonyl (C=O) groups is 2. The van der Waals surface area contributed by atoms with Crippen LogP contribution in [0, 0.1) is 0 Å². The van der Waals surface area contributed by atoms with E-state index in [1.165, 1.54) is 4.90 Å². The number of nitrogens with one attached hydrogen (secondary N) is 1. The lowest BCUT2D eigenvalue weighted by Gasteiger charge is -2.21. The number of benzene rings is 1. The molecule has 0 saturated carbocycles. The fourth-order valence-electron chi connectivity index (χ4n) is 2.71. The van der Waals surface area contributed by atoms with Crippen molar-refractivity contribution in [3.63, 3.8) is 0 Å². The van der Waals surface area contributed by atoms with Crippen LogP contribution in [0.2, 0.25) is 5.02 Å². The van der Waals surface area contributed by atoms with E-state index in [2.05, 4.69) is 5.32 Å². The smallest absolute Gasteiger partial charge is 0.268 e. The molecule has 1 aromatic heterocycles. The van der Waals surface area contributed by atoms with Crippen molar-refractivity contribution >= 4 is 40.4 Å². The maximum Gasteiger partial charge on any atom is 0.268 e. The van der Waals surface area contributed by atoms with Crippen LogP contribution in [0.15, 0.2) is 41.8 Å². The Morgan fingerprint density at radius 2 is 2.21 bits per heavy atom. The zero-order valence-corrected chi connectivity index (χ0v) is 14.4. The molecule has 1 aliphatic rings. The van der Waals surface area contributed by atoms with Crippen molar-refractivity contribution in [3.05, 3.63) is 51.7 Å². The number of halogens is 1. The van der Waals surface area contributed by atoms with E-state index < -0.39 is 17.4 Å². The molecule has 0 aliphatic carbocycles. The van der Waals surface area contributed by atoms with Gasteiger partial charge in [0.1, 0.15) is 0 Å². The van der Waals surface area contributed by atoms with Gasteiger partial charge in [-0.25, -0.2) is 0 Å². The van der Waals surface area contributed by atoms with Gasteiger partial charge in [-0.3, -0.25) is 9.59 Å². The van der Waals surface area contributed by atoms with Gasteiger partial charge < -0.3 is 15.3 Å². The van der Waals surface area contributed by atoms with Gasteiger partial charge in [-0.1, -0.05) is 23.7 Å². The van der Waals surface area contributed by atoms with Crippen LogP contribution in [-0.2, 0) is 16.0 Å². The van der Waals surface area contributed by atoms with Gasteiger partial charge in [0.25, 0.3) is 11.8 Å². The SMILES string of the molecule is O=C(NCCc1cccs1)[C@@]1(O)CCN(c2cccc(Cl)c2)C1=O. The Bertz CT molecular complexity index is 750. The molecule has 0 spiro atoms. The van der Waals surface area contributed by atoms with Crippen LogP contribution in [0.5, 0.6) is 0 Å².